The maximum absolute atomic E-state index is 12.7. The zero-order valence-electron chi connectivity index (χ0n) is 16.5. The van der Waals surface area contributed by atoms with Gasteiger partial charge in [-0.3, -0.25) is 9.59 Å². The van der Waals surface area contributed by atoms with Gasteiger partial charge >= 0.3 is 0 Å². The molecule has 1 aromatic carbocycles. The van der Waals surface area contributed by atoms with Gasteiger partial charge in [-0.2, -0.15) is 9.40 Å². The molecule has 1 saturated heterocycles. The normalized spacial score (nSPS) is 15.2. The van der Waals surface area contributed by atoms with E-state index in [4.69, 9.17) is 0 Å². The lowest BCUT2D eigenvalue weighted by Crippen LogP contribution is -2.35. The Morgan fingerprint density at radius 3 is 2.41 bits per heavy atom. The molecule has 0 unspecified atom stereocenters. The van der Waals surface area contributed by atoms with E-state index in [0.717, 1.165) is 31.2 Å². The summed E-state index contributed by atoms with van der Waals surface area (Å²) in [6.45, 7) is 3.74. The summed E-state index contributed by atoms with van der Waals surface area (Å²) >= 11 is 0. The summed E-state index contributed by atoms with van der Waals surface area (Å²) in [6, 6.07) is 9.28. The first-order chi connectivity index (χ1) is 13.9. The van der Waals surface area contributed by atoms with E-state index in [1.807, 2.05) is 6.92 Å². The van der Waals surface area contributed by atoms with Gasteiger partial charge in [-0.1, -0.05) is 25.5 Å². The summed E-state index contributed by atoms with van der Waals surface area (Å²) in [5.74, 6) is -0.389. The molecule has 1 amide bonds. The van der Waals surface area contributed by atoms with E-state index in [2.05, 4.69) is 10.4 Å². The lowest BCUT2D eigenvalue weighted by Gasteiger charge is -2.25. The first-order valence-corrected chi connectivity index (χ1v) is 11.3. The van der Waals surface area contributed by atoms with E-state index in [-0.39, 0.29) is 28.6 Å². The molecule has 2 heterocycles. The van der Waals surface area contributed by atoms with Gasteiger partial charge in [-0.25, -0.2) is 13.1 Å². The molecular formula is C20H26N4O4S. The third-order valence-corrected chi connectivity index (χ3v) is 6.78. The van der Waals surface area contributed by atoms with Crippen LogP contribution in [0.25, 0.3) is 0 Å². The average molecular weight is 419 g/mol. The fourth-order valence-corrected chi connectivity index (χ4v) is 4.77. The van der Waals surface area contributed by atoms with Crippen molar-refractivity contribution in [3.05, 3.63) is 58.0 Å². The largest absolute Gasteiger partial charge is 0.347 e. The summed E-state index contributed by atoms with van der Waals surface area (Å²) in [5.41, 5.74) is 0.703. The number of nitrogens with zero attached hydrogens (tertiary/aromatic N) is 3. The molecule has 2 aromatic rings. The fraction of sp³-hybridized carbons (Fsp3) is 0.450. The van der Waals surface area contributed by atoms with E-state index in [1.165, 1.54) is 21.1 Å². The summed E-state index contributed by atoms with van der Waals surface area (Å²) < 4.78 is 28.2. The molecule has 1 aliphatic heterocycles. The number of sulfonamides is 1. The van der Waals surface area contributed by atoms with Crippen molar-refractivity contribution in [2.75, 3.05) is 13.1 Å². The van der Waals surface area contributed by atoms with Crippen molar-refractivity contribution in [2.45, 2.75) is 50.6 Å². The second-order valence-electron chi connectivity index (χ2n) is 7.07. The molecule has 0 radical (unpaired) electrons. The van der Waals surface area contributed by atoms with Crippen LogP contribution in [0.4, 0.5) is 0 Å². The number of hydrogen-bond donors (Lipinski definition) is 1. The van der Waals surface area contributed by atoms with Gasteiger partial charge in [0.05, 0.1) is 4.90 Å². The number of amides is 1. The zero-order valence-corrected chi connectivity index (χ0v) is 17.3. The molecule has 156 valence electrons. The van der Waals surface area contributed by atoms with E-state index in [1.54, 1.807) is 24.3 Å². The number of aryl methyl sites for hydroxylation is 1. The molecule has 0 saturated carbocycles. The van der Waals surface area contributed by atoms with Crippen molar-refractivity contribution < 1.29 is 13.2 Å². The van der Waals surface area contributed by atoms with E-state index in [0.29, 0.717) is 19.6 Å². The highest BCUT2D eigenvalue weighted by Gasteiger charge is 2.25. The van der Waals surface area contributed by atoms with Crippen LogP contribution in [0.5, 0.6) is 0 Å². The minimum absolute atomic E-state index is 0.169. The molecule has 1 fully saturated rings. The Morgan fingerprint density at radius 1 is 1.07 bits per heavy atom. The zero-order chi connectivity index (χ0) is 20.9. The predicted molar refractivity (Wildman–Crippen MR) is 109 cm³/mol. The number of nitrogens with one attached hydrogen (secondary N) is 1. The topological polar surface area (TPSA) is 101 Å². The lowest BCUT2D eigenvalue weighted by atomic mass is 10.2. The summed E-state index contributed by atoms with van der Waals surface area (Å²) in [5, 5.41) is 6.83. The van der Waals surface area contributed by atoms with Crippen LogP contribution in [0.3, 0.4) is 0 Å². The van der Waals surface area contributed by atoms with Crippen molar-refractivity contribution in [3.8, 4) is 0 Å². The third-order valence-electron chi connectivity index (χ3n) is 4.86. The van der Waals surface area contributed by atoms with Crippen molar-refractivity contribution in [3.63, 3.8) is 0 Å². The van der Waals surface area contributed by atoms with Gasteiger partial charge in [0.2, 0.25) is 10.0 Å². The van der Waals surface area contributed by atoms with Crippen LogP contribution in [0.15, 0.2) is 46.1 Å². The van der Waals surface area contributed by atoms with Gasteiger partial charge in [-0.15, -0.1) is 0 Å². The number of aromatic nitrogens is 2. The maximum Gasteiger partial charge on any atom is 0.271 e. The van der Waals surface area contributed by atoms with Crippen molar-refractivity contribution in [2.24, 2.45) is 0 Å². The number of piperidine rings is 1. The molecule has 1 N–H and O–H groups in total. The maximum atomic E-state index is 12.7. The Kier molecular flexibility index (Phi) is 6.81. The summed E-state index contributed by atoms with van der Waals surface area (Å²) in [4.78, 5) is 24.3. The minimum Gasteiger partial charge on any atom is -0.347 e. The van der Waals surface area contributed by atoms with Gasteiger partial charge in [0.25, 0.3) is 11.5 Å². The van der Waals surface area contributed by atoms with Crippen LogP contribution in [0.2, 0.25) is 0 Å². The Labute approximate surface area is 170 Å². The Morgan fingerprint density at radius 2 is 1.76 bits per heavy atom. The number of hydrogen-bond acceptors (Lipinski definition) is 5. The molecule has 0 aliphatic carbocycles. The van der Waals surface area contributed by atoms with Gasteiger partial charge in [-0.05, 0) is 43.0 Å². The third kappa shape index (κ3) is 5.10. The predicted octanol–water partition coefficient (Wildman–Crippen LogP) is 1.76. The monoisotopic (exact) mass is 418 g/mol. The Balaban J connectivity index is 1.63. The molecule has 1 aromatic heterocycles. The smallest absolute Gasteiger partial charge is 0.271 e. The highest BCUT2D eigenvalue weighted by atomic mass is 32.2. The highest BCUT2D eigenvalue weighted by molar-refractivity contribution is 7.89. The standard InChI is InChI=1S/C20H26N4O4S/c1-2-12-24-19(25)11-10-18(22-24)20(26)21-15-16-6-8-17(9-7-16)29(27,28)23-13-4-3-5-14-23/h6-11H,2-5,12-15H2,1H3,(H,21,26). The number of rotatable bonds is 7. The van der Waals surface area contributed by atoms with E-state index in [9.17, 15) is 18.0 Å². The summed E-state index contributed by atoms with van der Waals surface area (Å²) in [6.07, 6.45) is 3.59. The molecule has 9 heteroatoms. The minimum atomic E-state index is -3.46. The molecular weight excluding hydrogens is 392 g/mol. The van der Waals surface area contributed by atoms with Crippen molar-refractivity contribution >= 4 is 15.9 Å². The van der Waals surface area contributed by atoms with Crippen LogP contribution >= 0.6 is 0 Å². The summed E-state index contributed by atoms with van der Waals surface area (Å²) in [7, 11) is -3.46. The molecule has 0 atom stereocenters. The molecule has 3 rings (SSSR count). The molecule has 8 nitrogen and oxygen atoms in total. The number of carbonyl (C=O) groups is 1. The molecule has 1 aliphatic rings. The van der Waals surface area contributed by atoms with Crippen molar-refractivity contribution in [1.82, 2.24) is 19.4 Å². The average Bonchev–Trinajstić information content (AvgIpc) is 2.74. The van der Waals surface area contributed by atoms with Gasteiger partial charge in [0.1, 0.15) is 5.69 Å². The fourth-order valence-electron chi connectivity index (χ4n) is 3.25. The van der Waals surface area contributed by atoms with E-state index >= 15 is 0 Å². The van der Waals surface area contributed by atoms with Crippen molar-refractivity contribution in [1.29, 1.82) is 0 Å². The van der Waals surface area contributed by atoms with Gasteiger partial charge < -0.3 is 5.32 Å². The lowest BCUT2D eigenvalue weighted by molar-refractivity contribution is 0.0943. The van der Waals surface area contributed by atoms with E-state index < -0.39 is 10.0 Å². The van der Waals surface area contributed by atoms with Gasteiger partial charge in [0.15, 0.2) is 0 Å². The number of benzene rings is 1. The van der Waals surface area contributed by atoms with Crippen LogP contribution in [-0.4, -0.2) is 41.5 Å². The highest BCUT2D eigenvalue weighted by Crippen LogP contribution is 2.20. The van der Waals surface area contributed by atoms with Crippen LogP contribution in [-0.2, 0) is 23.1 Å². The number of carbonyl (C=O) groups excluding carboxylic acids is 1. The SMILES string of the molecule is CCCn1nc(C(=O)NCc2ccc(S(=O)(=O)N3CCCCC3)cc2)ccc1=O. The first kappa shape index (κ1) is 21.2. The van der Waals surface area contributed by atoms with Crippen LogP contribution in [0, 0.1) is 0 Å². The molecule has 0 bridgehead atoms. The van der Waals surface area contributed by atoms with Crippen LogP contribution in [0.1, 0.15) is 48.7 Å². The first-order valence-electron chi connectivity index (χ1n) is 9.87. The second kappa shape index (κ2) is 9.32. The van der Waals surface area contributed by atoms with Gasteiger partial charge in [0, 0.05) is 32.2 Å². The molecule has 0 spiro atoms. The van der Waals surface area contributed by atoms with Crippen LogP contribution < -0.4 is 10.9 Å². The quantitative estimate of drug-likeness (QED) is 0.738. The Hall–Kier alpha value is -2.52. The Bertz CT molecular complexity index is 1010. The molecule has 29 heavy (non-hydrogen) atoms. The second-order valence-corrected chi connectivity index (χ2v) is 9.01.